The second-order valence-corrected chi connectivity index (χ2v) is 6.34. The van der Waals surface area contributed by atoms with Crippen LogP contribution in [-0.4, -0.2) is 14.5 Å². The SMILES string of the molecule is Cc1c(F)cc(CN)cc1S(=O)(=O)NC1CCC1. The molecular weight excluding hydrogens is 255 g/mol. The van der Waals surface area contributed by atoms with Crippen LogP contribution in [-0.2, 0) is 16.6 Å². The lowest BCUT2D eigenvalue weighted by Gasteiger charge is -2.26. The summed E-state index contributed by atoms with van der Waals surface area (Å²) in [7, 11) is -3.65. The molecule has 3 N–H and O–H groups in total. The van der Waals surface area contributed by atoms with Gasteiger partial charge in [-0.1, -0.05) is 6.42 Å². The smallest absolute Gasteiger partial charge is 0.241 e. The molecule has 0 spiro atoms. The van der Waals surface area contributed by atoms with Crippen molar-refractivity contribution >= 4 is 10.0 Å². The fourth-order valence-electron chi connectivity index (χ4n) is 1.91. The number of nitrogens with one attached hydrogen (secondary N) is 1. The molecule has 0 saturated heterocycles. The zero-order chi connectivity index (χ0) is 13.3. The first-order valence-corrected chi connectivity index (χ1v) is 7.44. The Hall–Kier alpha value is -0.980. The first-order valence-electron chi connectivity index (χ1n) is 5.95. The van der Waals surface area contributed by atoms with Gasteiger partial charge in [-0.2, -0.15) is 0 Å². The average molecular weight is 272 g/mol. The van der Waals surface area contributed by atoms with Gasteiger partial charge in [0.1, 0.15) is 5.82 Å². The van der Waals surface area contributed by atoms with Crippen LogP contribution in [0.3, 0.4) is 0 Å². The Morgan fingerprint density at radius 1 is 1.44 bits per heavy atom. The summed E-state index contributed by atoms with van der Waals surface area (Å²) in [5.41, 5.74) is 6.05. The van der Waals surface area contributed by atoms with Gasteiger partial charge in [0.15, 0.2) is 0 Å². The van der Waals surface area contributed by atoms with Gasteiger partial charge >= 0.3 is 0 Å². The van der Waals surface area contributed by atoms with Gasteiger partial charge in [-0.05, 0) is 37.5 Å². The van der Waals surface area contributed by atoms with Gasteiger partial charge in [0.05, 0.1) is 4.90 Å². The Morgan fingerprint density at radius 2 is 2.11 bits per heavy atom. The van der Waals surface area contributed by atoms with E-state index in [1.54, 1.807) is 0 Å². The second kappa shape index (κ2) is 4.95. The summed E-state index contributed by atoms with van der Waals surface area (Å²) < 4.78 is 40.6. The highest BCUT2D eigenvalue weighted by atomic mass is 32.2. The largest absolute Gasteiger partial charge is 0.326 e. The summed E-state index contributed by atoms with van der Waals surface area (Å²) in [5, 5.41) is 0. The number of rotatable bonds is 4. The fourth-order valence-corrected chi connectivity index (χ4v) is 3.52. The predicted octanol–water partition coefficient (Wildman–Crippen LogP) is 1.42. The quantitative estimate of drug-likeness (QED) is 0.870. The van der Waals surface area contributed by atoms with E-state index >= 15 is 0 Å². The molecule has 6 heteroatoms. The van der Waals surface area contributed by atoms with Crippen molar-refractivity contribution in [2.24, 2.45) is 5.73 Å². The molecule has 1 fully saturated rings. The monoisotopic (exact) mass is 272 g/mol. The third-order valence-electron chi connectivity index (χ3n) is 3.31. The minimum absolute atomic E-state index is 0.00477. The molecule has 2 rings (SSSR count). The maximum absolute atomic E-state index is 13.6. The summed E-state index contributed by atoms with van der Waals surface area (Å²) in [6.45, 7) is 1.58. The topological polar surface area (TPSA) is 72.2 Å². The van der Waals surface area contributed by atoms with Crippen LogP contribution in [0.25, 0.3) is 0 Å². The van der Waals surface area contributed by atoms with Crippen LogP contribution in [0.2, 0.25) is 0 Å². The molecule has 18 heavy (non-hydrogen) atoms. The minimum atomic E-state index is -3.65. The molecule has 0 amide bonds. The van der Waals surface area contributed by atoms with Gasteiger partial charge < -0.3 is 5.73 Å². The van der Waals surface area contributed by atoms with Crippen molar-refractivity contribution in [1.82, 2.24) is 4.72 Å². The molecule has 100 valence electrons. The van der Waals surface area contributed by atoms with E-state index in [9.17, 15) is 12.8 Å². The summed E-state index contributed by atoms with van der Waals surface area (Å²) in [4.78, 5) is -0.00477. The van der Waals surface area contributed by atoms with Crippen LogP contribution >= 0.6 is 0 Å². The number of hydrogen-bond acceptors (Lipinski definition) is 3. The molecule has 1 aliphatic carbocycles. The summed E-state index contributed by atoms with van der Waals surface area (Å²) in [6, 6.07) is 2.70. The Balaban J connectivity index is 2.39. The van der Waals surface area contributed by atoms with Gasteiger partial charge in [-0.3, -0.25) is 0 Å². The molecule has 1 aliphatic rings. The summed E-state index contributed by atoms with van der Waals surface area (Å²) in [6.07, 6.45) is 2.72. The van der Waals surface area contributed by atoms with Crippen LogP contribution in [0.4, 0.5) is 4.39 Å². The lowest BCUT2D eigenvalue weighted by molar-refractivity contribution is 0.383. The maximum Gasteiger partial charge on any atom is 0.241 e. The van der Waals surface area contributed by atoms with Crippen molar-refractivity contribution in [3.8, 4) is 0 Å². The van der Waals surface area contributed by atoms with Gasteiger partial charge in [0.25, 0.3) is 0 Å². The zero-order valence-corrected chi connectivity index (χ0v) is 11.1. The second-order valence-electron chi connectivity index (χ2n) is 4.65. The summed E-state index contributed by atoms with van der Waals surface area (Å²) >= 11 is 0. The van der Waals surface area contributed by atoms with Crippen molar-refractivity contribution in [2.45, 2.75) is 43.7 Å². The molecule has 0 bridgehead atoms. The van der Waals surface area contributed by atoms with Crippen LogP contribution in [0, 0.1) is 12.7 Å². The molecule has 0 heterocycles. The third kappa shape index (κ3) is 2.55. The van der Waals surface area contributed by atoms with Crippen molar-refractivity contribution in [3.05, 3.63) is 29.1 Å². The van der Waals surface area contributed by atoms with E-state index in [2.05, 4.69) is 4.72 Å². The van der Waals surface area contributed by atoms with Crippen molar-refractivity contribution in [3.63, 3.8) is 0 Å². The first-order chi connectivity index (χ1) is 8.44. The fraction of sp³-hybridized carbons (Fsp3) is 0.500. The van der Waals surface area contributed by atoms with Crippen LogP contribution in [0.5, 0.6) is 0 Å². The molecule has 4 nitrogen and oxygen atoms in total. The molecular formula is C12H17FN2O2S. The van der Waals surface area contributed by atoms with E-state index in [0.717, 1.165) is 19.3 Å². The average Bonchev–Trinajstić information content (AvgIpc) is 2.27. The highest BCUT2D eigenvalue weighted by Crippen LogP contribution is 2.24. The first kappa shape index (κ1) is 13.5. The number of nitrogens with two attached hydrogens (primary N) is 1. The summed E-state index contributed by atoms with van der Waals surface area (Å²) in [5.74, 6) is -0.535. The third-order valence-corrected chi connectivity index (χ3v) is 4.96. The van der Waals surface area contributed by atoms with Gasteiger partial charge in [-0.25, -0.2) is 17.5 Å². The van der Waals surface area contributed by atoms with E-state index in [0.29, 0.717) is 5.56 Å². The molecule has 0 aliphatic heterocycles. The Bertz CT molecular complexity index is 553. The van der Waals surface area contributed by atoms with Crippen LogP contribution in [0.15, 0.2) is 17.0 Å². The Morgan fingerprint density at radius 3 is 2.61 bits per heavy atom. The predicted molar refractivity (Wildman–Crippen MR) is 67.0 cm³/mol. The molecule has 0 radical (unpaired) electrons. The maximum atomic E-state index is 13.6. The van der Waals surface area contributed by atoms with E-state index in [1.165, 1.54) is 19.1 Å². The molecule has 0 atom stereocenters. The van der Waals surface area contributed by atoms with Crippen molar-refractivity contribution in [1.29, 1.82) is 0 Å². The van der Waals surface area contributed by atoms with E-state index in [1.807, 2.05) is 0 Å². The van der Waals surface area contributed by atoms with Gasteiger partial charge in [-0.15, -0.1) is 0 Å². The molecule has 1 aromatic carbocycles. The standard InChI is InChI=1S/C12H17FN2O2S/c1-8-11(13)5-9(7-14)6-12(8)18(16,17)15-10-3-2-4-10/h5-6,10,15H,2-4,7,14H2,1H3. The molecule has 1 aromatic rings. The zero-order valence-electron chi connectivity index (χ0n) is 10.2. The number of halogens is 1. The van der Waals surface area contributed by atoms with E-state index < -0.39 is 15.8 Å². The normalized spacial score (nSPS) is 16.6. The highest BCUT2D eigenvalue weighted by Gasteiger charge is 2.26. The lowest BCUT2D eigenvalue weighted by Crippen LogP contribution is -2.39. The van der Waals surface area contributed by atoms with Crippen molar-refractivity contribution < 1.29 is 12.8 Å². The Labute approximate surface area is 106 Å². The number of sulfonamides is 1. The minimum Gasteiger partial charge on any atom is -0.326 e. The van der Waals surface area contributed by atoms with Crippen LogP contribution < -0.4 is 10.5 Å². The molecule has 1 saturated carbocycles. The number of hydrogen-bond donors (Lipinski definition) is 2. The van der Waals surface area contributed by atoms with E-state index in [4.69, 9.17) is 5.73 Å². The highest BCUT2D eigenvalue weighted by molar-refractivity contribution is 7.89. The lowest BCUT2D eigenvalue weighted by atomic mass is 9.94. The van der Waals surface area contributed by atoms with Crippen molar-refractivity contribution in [2.75, 3.05) is 0 Å². The molecule has 0 aromatic heterocycles. The molecule has 0 unspecified atom stereocenters. The van der Waals surface area contributed by atoms with Gasteiger partial charge in [0.2, 0.25) is 10.0 Å². The number of benzene rings is 1. The van der Waals surface area contributed by atoms with Gasteiger partial charge in [0, 0.05) is 18.2 Å². The Kier molecular flexibility index (Phi) is 3.70. The van der Waals surface area contributed by atoms with Crippen LogP contribution in [0.1, 0.15) is 30.4 Å². The van der Waals surface area contributed by atoms with E-state index in [-0.39, 0.29) is 23.0 Å².